The van der Waals surface area contributed by atoms with E-state index in [-0.39, 0.29) is 16.2 Å². The van der Waals surface area contributed by atoms with Crippen molar-refractivity contribution in [1.82, 2.24) is 0 Å². The number of fused-ring (bicyclic) bond motifs is 9. The molecular weight excluding hydrogens is 567 g/mol. The number of aromatic nitrogens is 1. The second-order valence-electron chi connectivity index (χ2n) is 16.2. The Labute approximate surface area is 276 Å². The molecule has 1 nitrogen and oxygen atoms in total. The standard InChI is InChI=1S/C46H40N/c1-25-17-41-35-22-30(25)43-23-36-34-21-29(12-16-40(34)46(6,7)42(36)24-47(43)8)27-10-14-38-32(19-27)31-18-26(9-13-37(31)44(38,2)3)28-11-15-39(33(35)20-28)45(41,4)5/h9-24H,1-8H3/q+1. The van der Waals surface area contributed by atoms with Gasteiger partial charge < -0.3 is 0 Å². The molecule has 0 amide bonds. The molecule has 47 heavy (non-hydrogen) atoms. The fourth-order valence-electron chi connectivity index (χ4n) is 9.76. The average Bonchev–Trinajstić information content (AvgIpc) is 3.51. The summed E-state index contributed by atoms with van der Waals surface area (Å²) in [6.07, 6.45) is 2.40. The molecule has 10 rings (SSSR count). The van der Waals surface area contributed by atoms with E-state index in [1.165, 1.54) is 104 Å². The molecule has 1 aromatic heterocycles. The van der Waals surface area contributed by atoms with Gasteiger partial charge in [-0.3, -0.25) is 0 Å². The lowest BCUT2D eigenvalue weighted by atomic mass is 9.81. The van der Waals surface area contributed by atoms with E-state index in [9.17, 15) is 0 Å². The number of hydrogen-bond acceptors (Lipinski definition) is 0. The lowest BCUT2D eigenvalue weighted by Crippen LogP contribution is -2.31. The van der Waals surface area contributed by atoms with Gasteiger partial charge in [-0.25, -0.2) is 4.57 Å². The fraction of sp³-hybridized carbons (Fsp3) is 0.239. The highest BCUT2D eigenvalue weighted by molar-refractivity contribution is 6.08. The topological polar surface area (TPSA) is 3.88 Å². The fourth-order valence-corrected chi connectivity index (χ4v) is 9.76. The first-order valence-electron chi connectivity index (χ1n) is 17.2. The van der Waals surface area contributed by atoms with Crippen molar-refractivity contribution in [3.8, 4) is 0 Å². The predicted octanol–water partition coefficient (Wildman–Crippen LogP) is 11.3. The summed E-state index contributed by atoms with van der Waals surface area (Å²) in [4.78, 5) is 0. The molecular formula is C46H40N+. The van der Waals surface area contributed by atoms with Crippen molar-refractivity contribution in [2.24, 2.45) is 7.05 Å². The maximum atomic E-state index is 2.49. The minimum atomic E-state index is -0.0676. The van der Waals surface area contributed by atoms with Crippen LogP contribution in [0.4, 0.5) is 0 Å². The first-order valence-corrected chi connectivity index (χ1v) is 17.2. The highest BCUT2D eigenvalue weighted by Gasteiger charge is 2.37. The van der Waals surface area contributed by atoms with Gasteiger partial charge in [0.1, 0.15) is 7.05 Å². The Morgan fingerprint density at radius 3 is 1.19 bits per heavy atom. The number of hydrogen-bond donors (Lipinski definition) is 0. The van der Waals surface area contributed by atoms with Crippen LogP contribution in [0.25, 0.3) is 64.8 Å². The van der Waals surface area contributed by atoms with Gasteiger partial charge in [0.25, 0.3) is 0 Å². The van der Waals surface area contributed by atoms with E-state index < -0.39 is 0 Å². The van der Waals surface area contributed by atoms with Crippen molar-refractivity contribution in [2.75, 3.05) is 0 Å². The van der Waals surface area contributed by atoms with Crippen LogP contribution in [0.5, 0.6) is 0 Å². The first kappa shape index (κ1) is 27.4. The van der Waals surface area contributed by atoms with Gasteiger partial charge in [0, 0.05) is 33.3 Å². The van der Waals surface area contributed by atoms with Crippen molar-refractivity contribution in [3.05, 3.63) is 136 Å². The Morgan fingerprint density at radius 1 is 0.383 bits per heavy atom. The quantitative estimate of drug-likeness (QED) is 0.151. The Bertz CT molecular complexity index is 2580. The molecule has 1 heteroatoms. The van der Waals surface area contributed by atoms with E-state index in [1.54, 1.807) is 0 Å². The molecule has 0 N–H and O–H groups in total. The van der Waals surface area contributed by atoms with E-state index in [4.69, 9.17) is 0 Å². The molecule has 0 saturated heterocycles. The lowest BCUT2D eigenvalue weighted by Gasteiger charge is -2.22. The Morgan fingerprint density at radius 2 is 0.745 bits per heavy atom. The van der Waals surface area contributed by atoms with Gasteiger partial charge in [-0.15, -0.1) is 0 Å². The number of nitrogens with zero attached hydrogens (tertiary/aromatic N) is 1. The smallest absolute Gasteiger partial charge is 0.201 e. The van der Waals surface area contributed by atoms with Gasteiger partial charge in [-0.05, 0) is 124 Å². The lowest BCUT2D eigenvalue weighted by molar-refractivity contribution is -0.645. The van der Waals surface area contributed by atoms with Crippen LogP contribution in [-0.4, -0.2) is 0 Å². The largest absolute Gasteiger partial charge is 0.213 e. The van der Waals surface area contributed by atoms with Crippen LogP contribution in [0.15, 0.2) is 97.2 Å². The summed E-state index contributed by atoms with van der Waals surface area (Å²) in [7, 11) is 2.22. The summed E-state index contributed by atoms with van der Waals surface area (Å²) < 4.78 is 2.36. The van der Waals surface area contributed by atoms with E-state index in [2.05, 4.69) is 157 Å². The van der Waals surface area contributed by atoms with E-state index in [0.29, 0.717) is 0 Å². The molecule has 3 aliphatic rings. The van der Waals surface area contributed by atoms with Gasteiger partial charge in [-0.1, -0.05) is 96.1 Å². The third-order valence-corrected chi connectivity index (χ3v) is 12.6. The van der Waals surface area contributed by atoms with Crippen LogP contribution >= 0.6 is 0 Å². The van der Waals surface area contributed by atoms with Crippen LogP contribution in [0.3, 0.4) is 0 Å². The normalized spacial score (nSPS) is 17.0. The number of aryl methyl sites for hydroxylation is 2. The molecule has 3 aliphatic carbocycles. The average molecular weight is 607 g/mol. The molecule has 0 radical (unpaired) electrons. The van der Waals surface area contributed by atoms with Crippen molar-refractivity contribution in [1.29, 1.82) is 0 Å². The van der Waals surface area contributed by atoms with Crippen molar-refractivity contribution in [3.63, 3.8) is 0 Å². The Balaban J connectivity index is 1.49. The van der Waals surface area contributed by atoms with Crippen molar-refractivity contribution < 1.29 is 4.57 Å². The summed E-state index contributed by atoms with van der Waals surface area (Å²) in [6.45, 7) is 16.6. The molecule has 0 unspecified atom stereocenters. The summed E-state index contributed by atoms with van der Waals surface area (Å²) in [6, 6.07) is 36.2. The van der Waals surface area contributed by atoms with Gasteiger partial charge >= 0.3 is 0 Å². The zero-order valence-corrected chi connectivity index (χ0v) is 28.7. The Kier molecular flexibility index (Phi) is 4.89. The number of pyridine rings is 1. The molecule has 12 bridgehead atoms. The van der Waals surface area contributed by atoms with Gasteiger partial charge in [0.05, 0.1) is 0 Å². The van der Waals surface area contributed by atoms with E-state index in [0.717, 1.165) is 0 Å². The van der Waals surface area contributed by atoms with Gasteiger partial charge in [0.2, 0.25) is 5.52 Å². The third kappa shape index (κ3) is 3.28. The minimum Gasteiger partial charge on any atom is -0.201 e. The highest BCUT2D eigenvalue weighted by atomic mass is 14.9. The molecule has 0 spiro atoms. The van der Waals surface area contributed by atoms with Crippen molar-refractivity contribution >= 4 is 64.8 Å². The SMILES string of the molecule is Cc1cc2c3cc1c1cc4c(c[n+]1C)C(C)(C)c1ccc(cc14)c1ccc4c(c1)c1cc(ccc1C4(C)C)c1ccc(c3c1)C2(C)C. The maximum absolute atomic E-state index is 2.49. The monoisotopic (exact) mass is 606 g/mol. The summed E-state index contributed by atoms with van der Waals surface area (Å²) in [5.41, 5.74) is 10.9. The molecule has 0 fully saturated rings. The zero-order chi connectivity index (χ0) is 32.4. The van der Waals surface area contributed by atoms with Crippen LogP contribution in [0.1, 0.15) is 80.5 Å². The zero-order valence-electron chi connectivity index (χ0n) is 28.7. The summed E-state index contributed by atoms with van der Waals surface area (Å²) in [5, 5.41) is 14.6. The van der Waals surface area contributed by atoms with Crippen LogP contribution < -0.4 is 4.57 Å². The summed E-state index contributed by atoms with van der Waals surface area (Å²) in [5.74, 6) is 0. The first-order chi connectivity index (χ1) is 22.4. The molecule has 0 aliphatic heterocycles. The Hall–Kier alpha value is -4.75. The molecule has 0 atom stereocenters. The number of benzene rings is 5. The second-order valence-corrected chi connectivity index (χ2v) is 16.2. The van der Waals surface area contributed by atoms with Crippen molar-refractivity contribution in [2.45, 2.75) is 64.7 Å². The van der Waals surface area contributed by atoms with Crippen LogP contribution in [-0.2, 0) is 23.3 Å². The van der Waals surface area contributed by atoms with E-state index >= 15 is 0 Å². The molecule has 7 aromatic rings. The second kappa shape index (κ2) is 8.39. The van der Waals surface area contributed by atoms with Gasteiger partial charge in [0.15, 0.2) is 6.20 Å². The third-order valence-electron chi connectivity index (χ3n) is 12.6. The number of rotatable bonds is 0. The van der Waals surface area contributed by atoms with Crippen LogP contribution in [0, 0.1) is 6.92 Å². The highest BCUT2D eigenvalue weighted by Crippen LogP contribution is 2.50. The van der Waals surface area contributed by atoms with Crippen LogP contribution in [0.2, 0.25) is 0 Å². The summed E-state index contributed by atoms with van der Waals surface area (Å²) >= 11 is 0. The molecule has 228 valence electrons. The predicted molar refractivity (Wildman–Crippen MR) is 200 cm³/mol. The molecule has 6 aromatic carbocycles. The van der Waals surface area contributed by atoms with E-state index in [1.807, 2.05) is 0 Å². The molecule has 0 saturated carbocycles. The molecule has 1 heterocycles. The maximum Gasteiger partial charge on any atom is 0.213 e. The van der Waals surface area contributed by atoms with Gasteiger partial charge in [-0.2, -0.15) is 0 Å². The minimum absolute atomic E-state index is 0.0392.